The zero-order valence-electron chi connectivity index (χ0n) is 15.8. The van der Waals surface area contributed by atoms with E-state index in [0.717, 1.165) is 29.0 Å². The zero-order valence-corrected chi connectivity index (χ0v) is 16.7. The van der Waals surface area contributed by atoms with Crippen molar-refractivity contribution < 1.29 is 13.2 Å². The molecule has 1 amide bonds. The molecule has 0 bridgehead atoms. The van der Waals surface area contributed by atoms with Crippen LogP contribution in [0.3, 0.4) is 0 Å². The lowest BCUT2D eigenvalue weighted by Gasteiger charge is -2.16. The van der Waals surface area contributed by atoms with Crippen molar-refractivity contribution in [2.45, 2.75) is 26.4 Å². The van der Waals surface area contributed by atoms with Gasteiger partial charge in [0.15, 0.2) is 0 Å². The van der Waals surface area contributed by atoms with Gasteiger partial charge in [0.25, 0.3) is 5.91 Å². The molecule has 4 rings (SSSR count). The number of nitrogens with zero attached hydrogens (tertiary/aromatic N) is 3. The summed E-state index contributed by atoms with van der Waals surface area (Å²) in [5.41, 5.74) is 4.01. The van der Waals surface area contributed by atoms with E-state index in [0.29, 0.717) is 30.8 Å². The lowest BCUT2D eigenvalue weighted by molar-refractivity contribution is 0.0949. The summed E-state index contributed by atoms with van der Waals surface area (Å²) in [7, 11) is -3.29. The van der Waals surface area contributed by atoms with E-state index in [2.05, 4.69) is 14.9 Å². The topological polar surface area (TPSA) is 84.3 Å². The SMILES string of the molecule is CCn1c(CNC(=O)c2ccc3c(c2)CCN3S(C)(=O)=O)nc2ccccc21. The number of hydrogen-bond acceptors (Lipinski definition) is 4. The molecular formula is C20H22N4O3S. The largest absolute Gasteiger partial charge is 0.345 e. The van der Waals surface area contributed by atoms with Gasteiger partial charge >= 0.3 is 0 Å². The van der Waals surface area contributed by atoms with Gasteiger partial charge < -0.3 is 9.88 Å². The van der Waals surface area contributed by atoms with Crippen LogP contribution in [0.1, 0.15) is 28.7 Å². The Morgan fingerprint density at radius 1 is 1.21 bits per heavy atom. The molecule has 0 radical (unpaired) electrons. The summed E-state index contributed by atoms with van der Waals surface area (Å²) >= 11 is 0. The molecule has 8 heteroatoms. The summed E-state index contributed by atoms with van der Waals surface area (Å²) in [6.45, 7) is 3.56. The van der Waals surface area contributed by atoms with E-state index >= 15 is 0 Å². The maximum Gasteiger partial charge on any atom is 0.251 e. The summed E-state index contributed by atoms with van der Waals surface area (Å²) in [6, 6.07) is 13.1. The Kier molecular flexibility index (Phi) is 4.58. The van der Waals surface area contributed by atoms with Gasteiger partial charge in [-0.1, -0.05) is 12.1 Å². The molecule has 1 aromatic heterocycles. The third-order valence-electron chi connectivity index (χ3n) is 5.05. The molecule has 146 valence electrons. The minimum atomic E-state index is -3.29. The zero-order chi connectivity index (χ0) is 19.9. The highest BCUT2D eigenvalue weighted by molar-refractivity contribution is 7.92. The van der Waals surface area contributed by atoms with E-state index in [9.17, 15) is 13.2 Å². The fourth-order valence-electron chi connectivity index (χ4n) is 3.73. The summed E-state index contributed by atoms with van der Waals surface area (Å²) in [4.78, 5) is 17.2. The average Bonchev–Trinajstić information content (AvgIpc) is 3.26. The number of rotatable bonds is 5. The molecule has 1 aliphatic heterocycles. The first-order valence-electron chi connectivity index (χ1n) is 9.21. The number of carbonyl (C=O) groups excluding carboxylic acids is 1. The van der Waals surface area contributed by atoms with Crippen LogP contribution >= 0.6 is 0 Å². The Balaban J connectivity index is 1.53. The van der Waals surface area contributed by atoms with Crippen molar-refractivity contribution in [3.05, 3.63) is 59.4 Å². The number of amides is 1. The second kappa shape index (κ2) is 6.94. The summed E-state index contributed by atoms with van der Waals surface area (Å²) in [5, 5.41) is 2.93. The molecule has 2 aromatic carbocycles. The minimum absolute atomic E-state index is 0.199. The van der Waals surface area contributed by atoms with Gasteiger partial charge in [-0.05, 0) is 49.2 Å². The molecule has 0 fully saturated rings. The van der Waals surface area contributed by atoms with E-state index in [1.807, 2.05) is 31.2 Å². The Bertz CT molecular complexity index is 1170. The lowest BCUT2D eigenvalue weighted by atomic mass is 10.1. The number of nitrogens with one attached hydrogen (secondary N) is 1. The number of carbonyl (C=O) groups is 1. The Hall–Kier alpha value is -2.87. The van der Waals surface area contributed by atoms with Gasteiger partial charge in [-0.2, -0.15) is 0 Å². The summed E-state index contributed by atoms with van der Waals surface area (Å²) in [6.07, 6.45) is 1.80. The number of imidazole rings is 1. The minimum Gasteiger partial charge on any atom is -0.345 e. The third-order valence-corrected chi connectivity index (χ3v) is 6.23. The predicted molar refractivity (Wildman–Crippen MR) is 109 cm³/mol. The van der Waals surface area contributed by atoms with Crippen molar-refractivity contribution in [3.63, 3.8) is 0 Å². The van der Waals surface area contributed by atoms with Gasteiger partial charge in [0.2, 0.25) is 10.0 Å². The first-order chi connectivity index (χ1) is 13.4. The van der Waals surface area contributed by atoms with Crippen LogP contribution in [0.5, 0.6) is 0 Å². The monoisotopic (exact) mass is 398 g/mol. The molecular weight excluding hydrogens is 376 g/mol. The van der Waals surface area contributed by atoms with Crippen LogP contribution in [0, 0.1) is 0 Å². The number of anilines is 1. The quantitative estimate of drug-likeness (QED) is 0.715. The third kappa shape index (κ3) is 3.24. The number of fused-ring (bicyclic) bond motifs is 2. The highest BCUT2D eigenvalue weighted by atomic mass is 32.2. The molecule has 0 saturated heterocycles. The second-order valence-corrected chi connectivity index (χ2v) is 8.78. The van der Waals surface area contributed by atoms with Crippen LogP contribution in [-0.2, 0) is 29.5 Å². The number of aromatic nitrogens is 2. The molecule has 7 nitrogen and oxygen atoms in total. The summed E-state index contributed by atoms with van der Waals surface area (Å²) < 4.78 is 27.2. The van der Waals surface area contributed by atoms with Crippen molar-refractivity contribution in [2.24, 2.45) is 0 Å². The van der Waals surface area contributed by atoms with E-state index in [4.69, 9.17) is 0 Å². The number of aryl methyl sites for hydroxylation is 1. The average molecular weight is 398 g/mol. The molecule has 2 heterocycles. The van der Waals surface area contributed by atoms with E-state index < -0.39 is 10.0 Å². The van der Waals surface area contributed by atoms with Crippen molar-refractivity contribution in [2.75, 3.05) is 17.1 Å². The Labute approximate surface area is 164 Å². The molecule has 1 N–H and O–H groups in total. The standard InChI is InChI=1S/C20H22N4O3S/c1-3-23-18-7-5-4-6-16(18)22-19(23)13-21-20(25)15-8-9-17-14(12-15)10-11-24(17)28(2,26)27/h4-9,12H,3,10-11,13H2,1-2H3,(H,21,25). The van der Waals surface area contributed by atoms with Crippen LogP contribution in [0.4, 0.5) is 5.69 Å². The van der Waals surface area contributed by atoms with Gasteiger partial charge in [-0.15, -0.1) is 0 Å². The normalized spacial score (nSPS) is 13.7. The van der Waals surface area contributed by atoms with E-state index in [-0.39, 0.29) is 5.91 Å². The molecule has 28 heavy (non-hydrogen) atoms. The maximum atomic E-state index is 12.6. The Morgan fingerprint density at radius 3 is 2.75 bits per heavy atom. The maximum absolute atomic E-state index is 12.6. The van der Waals surface area contributed by atoms with Gasteiger partial charge in [0, 0.05) is 18.7 Å². The first-order valence-corrected chi connectivity index (χ1v) is 11.1. The van der Waals surface area contributed by atoms with Crippen LogP contribution in [0.2, 0.25) is 0 Å². The van der Waals surface area contributed by atoms with Crippen molar-refractivity contribution in [3.8, 4) is 0 Å². The van der Waals surface area contributed by atoms with E-state index in [1.54, 1.807) is 18.2 Å². The van der Waals surface area contributed by atoms with Gasteiger partial charge in [-0.25, -0.2) is 13.4 Å². The second-order valence-electron chi connectivity index (χ2n) is 6.87. The number of sulfonamides is 1. The highest BCUT2D eigenvalue weighted by Gasteiger charge is 2.26. The van der Waals surface area contributed by atoms with Gasteiger partial charge in [0.1, 0.15) is 5.82 Å². The molecule has 0 atom stereocenters. The molecule has 0 aliphatic carbocycles. The van der Waals surface area contributed by atoms with Gasteiger partial charge in [0.05, 0.1) is 29.5 Å². The smallest absolute Gasteiger partial charge is 0.251 e. The summed E-state index contributed by atoms with van der Waals surface area (Å²) in [5.74, 6) is 0.608. The number of benzene rings is 2. The molecule has 3 aromatic rings. The lowest BCUT2D eigenvalue weighted by Crippen LogP contribution is -2.27. The van der Waals surface area contributed by atoms with Crippen molar-refractivity contribution in [1.29, 1.82) is 0 Å². The fraction of sp³-hybridized carbons (Fsp3) is 0.300. The van der Waals surface area contributed by atoms with Crippen LogP contribution < -0.4 is 9.62 Å². The van der Waals surface area contributed by atoms with Crippen LogP contribution in [-0.4, -0.2) is 36.7 Å². The fourth-order valence-corrected chi connectivity index (χ4v) is 4.69. The Morgan fingerprint density at radius 2 is 2.00 bits per heavy atom. The molecule has 1 aliphatic rings. The van der Waals surface area contributed by atoms with Crippen molar-refractivity contribution in [1.82, 2.24) is 14.9 Å². The van der Waals surface area contributed by atoms with Crippen LogP contribution in [0.15, 0.2) is 42.5 Å². The molecule has 0 saturated carbocycles. The van der Waals surface area contributed by atoms with Crippen molar-refractivity contribution >= 4 is 32.7 Å². The molecule has 0 spiro atoms. The number of hydrogen-bond donors (Lipinski definition) is 1. The first kappa shape index (κ1) is 18.5. The highest BCUT2D eigenvalue weighted by Crippen LogP contribution is 2.30. The molecule has 0 unspecified atom stereocenters. The predicted octanol–water partition coefficient (Wildman–Crippen LogP) is 2.31. The number of para-hydroxylation sites is 2. The van der Waals surface area contributed by atoms with Crippen LogP contribution in [0.25, 0.3) is 11.0 Å². The van der Waals surface area contributed by atoms with E-state index in [1.165, 1.54) is 10.6 Å². The van der Waals surface area contributed by atoms with Gasteiger partial charge in [-0.3, -0.25) is 9.10 Å².